The summed E-state index contributed by atoms with van der Waals surface area (Å²) in [6, 6.07) is 5.91. The van der Waals surface area contributed by atoms with Gasteiger partial charge in [0.15, 0.2) is 0 Å². The first-order chi connectivity index (χ1) is 7.48. The summed E-state index contributed by atoms with van der Waals surface area (Å²) in [5.74, 6) is 0.857. The van der Waals surface area contributed by atoms with E-state index in [9.17, 15) is 0 Å². The second-order valence-electron chi connectivity index (χ2n) is 4.22. The molecular formula is C12H18BrNO2. The monoisotopic (exact) mass is 287 g/mol. The Balaban J connectivity index is 2.90. The van der Waals surface area contributed by atoms with E-state index < -0.39 is 0 Å². The molecule has 0 aliphatic carbocycles. The van der Waals surface area contributed by atoms with Gasteiger partial charge in [-0.25, -0.2) is 0 Å². The third-order valence-corrected chi connectivity index (χ3v) is 2.80. The van der Waals surface area contributed by atoms with Crippen LogP contribution in [0.3, 0.4) is 0 Å². The Bertz CT molecular complexity index is 353. The molecule has 1 rings (SSSR count). The van der Waals surface area contributed by atoms with E-state index in [1.54, 1.807) is 14.2 Å². The SMILES string of the molecule is COCC(C)(N)Cc1cc(Br)ccc1OC. The fraction of sp³-hybridized carbons (Fsp3) is 0.500. The molecule has 1 unspecified atom stereocenters. The van der Waals surface area contributed by atoms with E-state index in [0.29, 0.717) is 13.0 Å². The molecule has 0 aliphatic heterocycles. The highest BCUT2D eigenvalue weighted by Crippen LogP contribution is 2.26. The minimum atomic E-state index is -0.386. The van der Waals surface area contributed by atoms with Gasteiger partial charge in [0.05, 0.1) is 13.7 Å². The van der Waals surface area contributed by atoms with Crippen LogP contribution < -0.4 is 10.5 Å². The summed E-state index contributed by atoms with van der Waals surface area (Å²) in [4.78, 5) is 0. The van der Waals surface area contributed by atoms with Gasteiger partial charge in [0, 0.05) is 17.1 Å². The number of methoxy groups -OCH3 is 2. The Morgan fingerprint density at radius 2 is 2.06 bits per heavy atom. The van der Waals surface area contributed by atoms with Crippen LogP contribution in [0.5, 0.6) is 5.75 Å². The van der Waals surface area contributed by atoms with Gasteiger partial charge >= 0.3 is 0 Å². The number of benzene rings is 1. The molecule has 0 radical (unpaired) electrons. The Kier molecular flexibility index (Phi) is 4.77. The fourth-order valence-electron chi connectivity index (χ4n) is 1.70. The lowest BCUT2D eigenvalue weighted by atomic mass is 9.94. The van der Waals surface area contributed by atoms with Crippen LogP contribution in [0.4, 0.5) is 0 Å². The summed E-state index contributed by atoms with van der Waals surface area (Å²) < 4.78 is 11.4. The molecule has 0 spiro atoms. The number of rotatable bonds is 5. The number of nitrogens with two attached hydrogens (primary N) is 1. The molecule has 0 aromatic heterocycles. The minimum absolute atomic E-state index is 0.386. The third kappa shape index (κ3) is 3.77. The summed E-state index contributed by atoms with van der Waals surface area (Å²) in [7, 11) is 3.32. The van der Waals surface area contributed by atoms with Gasteiger partial charge in [0.1, 0.15) is 5.75 Å². The second-order valence-corrected chi connectivity index (χ2v) is 5.14. The molecule has 0 heterocycles. The zero-order valence-corrected chi connectivity index (χ0v) is 11.5. The predicted molar refractivity (Wildman–Crippen MR) is 68.9 cm³/mol. The Hall–Kier alpha value is -0.580. The minimum Gasteiger partial charge on any atom is -0.496 e. The molecule has 0 saturated carbocycles. The maximum atomic E-state index is 6.14. The van der Waals surface area contributed by atoms with E-state index in [2.05, 4.69) is 15.9 Å². The maximum absolute atomic E-state index is 6.14. The van der Waals surface area contributed by atoms with E-state index in [-0.39, 0.29) is 5.54 Å². The summed E-state index contributed by atoms with van der Waals surface area (Å²) >= 11 is 3.44. The first-order valence-electron chi connectivity index (χ1n) is 5.09. The first kappa shape index (κ1) is 13.5. The Morgan fingerprint density at radius 1 is 1.38 bits per heavy atom. The van der Waals surface area contributed by atoms with Crippen LogP contribution in [0.15, 0.2) is 22.7 Å². The van der Waals surface area contributed by atoms with Crippen LogP contribution >= 0.6 is 15.9 Å². The lowest BCUT2D eigenvalue weighted by molar-refractivity contribution is 0.140. The summed E-state index contributed by atoms with van der Waals surface area (Å²) in [5.41, 5.74) is 6.83. The van der Waals surface area contributed by atoms with Crippen molar-refractivity contribution in [2.24, 2.45) is 5.73 Å². The van der Waals surface area contributed by atoms with Crippen LogP contribution in [0.1, 0.15) is 12.5 Å². The molecular weight excluding hydrogens is 270 g/mol. The molecule has 0 fully saturated rings. The second kappa shape index (κ2) is 5.66. The standard InChI is InChI=1S/C12H18BrNO2/c1-12(14,8-15-2)7-9-6-10(13)4-5-11(9)16-3/h4-6H,7-8,14H2,1-3H3. The number of hydrogen-bond donors (Lipinski definition) is 1. The van der Waals surface area contributed by atoms with Gasteiger partial charge in [0.25, 0.3) is 0 Å². The van der Waals surface area contributed by atoms with Crippen molar-refractivity contribution < 1.29 is 9.47 Å². The third-order valence-electron chi connectivity index (χ3n) is 2.31. The van der Waals surface area contributed by atoms with Gasteiger partial charge in [-0.2, -0.15) is 0 Å². The van der Waals surface area contributed by atoms with Gasteiger partial charge in [-0.15, -0.1) is 0 Å². The quantitative estimate of drug-likeness (QED) is 0.904. The highest BCUT2D eigenvalue weighted by molar-refractivity contribution is 9.10. The van der Waals surface area contributed by atoms with Crippen LogP contribution in [0, 0.1) is 0 Å². The van der Waals surface area contributed by atoms with Crippen molar-refractivity contribution >= 4 is 15.9 Å². The first-order valence-corrected chi connectivity index (χ1v) is 5.88. The van der Waals surface area contributed by atoms with Crippen molar-refractivity contribution in [3.8, 4) is 5.75 Å². The molecule has 0 saturated heterocycles. The number of ether oxygens (including phenoxy) is 2. The van der Waals surface area contributed by atoms with Crippen molar-refractivity contribution in [2.45, 2.75) is 18.9 Å². The molecule has 1 aromatic carbocycles. The van der Waals surface area contributed by atoms with Crippen LogP contribution in [-0.4, -0.2) is 26.4 Å². The van der Waals surface area contributed by atoms with Crippen molar-refractivity contribution in [3.05, 3.63) is 28.2 Å². The van der Waals surface area contributed by atoms with Crippen molar-refractivity contribution in [3.63, 3.8) is 0 Å². The maximum Gasteiger partial charge on any atom is 0.122 e. The molecule has 2 N–H and O–H groups in total. The Morgan fingerprint density at radius 3 is 2.62 bits per heavy atom. The molecule has 3 nitrogen and oxygen atoms in total. The van der Waals surface area contributed by atoms with E-state index in [0.717, 1.165) is 15.8 Å². The normalized spacial score (nSPS) is 14.6. The summed E-state index contributed by atoms with van der Waals surface area (Å²) in [6.07, 6.45) is 0.712. The lowest BCUT2D eigenvalue weighted by Crippen LogP contribution is -2.43. The van der Waals surface area contributed by atoms with Gasteiger partial charge in [0.2, 0.25) is 0 Å². The lowest BCUT2D eigenvalue weighted by Gasteiger charge is -2.24. The zero-order valence-electron chi connectivity index (χ0n) is 9.92. The van der Waals surface area contributed by atoms with E-state index in [1.165, 1.54) is 0 Å². The Labute approximate surface area is 105 Å². The number of hydrogen-bond acceptors (Lipinski definition) is 3. The van der Waals surface area contributed by atoms with Gasteiger partial charge in [-0.1, -0.05) is 15.9 Å². The van der Waals surface area contributed by atoms with Crippen molar-refractivity contribution in [1.29, 1.82) is 0 Å². The van der Waals surface area contributed by atoms with Gasteiger partial charge in [-0.3, -0.25) is 0 Å². The van der Waals surface area contributed by atoms with E-state index >= 15 is 0 Å². The van der Waals surface area contributed by atoms with Gasteiger partial charge in [-0.05, 0) is 37.1 Å². The summed E-state index contributed by atoms with van der Waals surface area (Å²) in [6.45, 7) is 2.49. The van der Waals surface area contributed by atoms with E-state index in [1.807, 2.05) is 25.1 Å². The van der Waals surface area contributed by atoms with Crippen LogP contribution in [0.25, 0.3) is 0 Å². The molecule has 1 aromatic rings. The molecule has 90 valence electrons. The molecule has 1 atom stereocenters. The molecule has 4 heteroatoms. The zero-order chi connectivity index (χ0) is 12.2. The molecule has 16 heavy (non-hydrogen) atoms. The van der Waals surface area contributed by atoms with E-state index in [4.69, 9.17) is 15.2 Å². The average Bonchev–Trinajstić information content (AvgIpc) is 2.17. The van der Waals surface area contributed by atoms with Crippen LogP contribution in [0.2, 0.25) is 0 Å². The fourth-order valence-corrected chi connectivity index (χ4v) is 2.11. The highest BCUT2D eigenvalue weighted by Gasteiger charge is 2.21. The predicted octanol–water partition coefficient (Wildman–Crippen LogP) is 2.36. The smallest absolute Gasteiger partial charge is 0.122 e. The van der Waals surface area contributed by atoms with Crippen molar-refractivity contribution in [2.75, 3.05) is 20.8 Å². The van der Waals surface area contributed by atoms with Gasteiger partial charge < -0.3 is 15.2 Å². The molecule has 0 aliphatic rings. The summed E-state index contributed by atoms with van der Waals surface area (Å²) in [5, 5.41) is 0. The van der Waals surface area contributed by atoms with Crippen molar-refractivity contribution in [1.82, 2.24) is 0 Å². The average molecular weight is 288 g/mol. The van der Waals surface area contributed by atoms with Crippen LogP contribution in [-0.2, 0) is 11.2 Å². The topological polar surface area (TPSA) is 44.5 Å². The number of halogens is 1. The molecule has 0 bridgehead atoms. The molecule has 0 amide bonds. The largest absolute Gasteiger partial charge is 0.496 e. The highest BCUT2D eigenvalue weighted by atomic mass is 79.9.